The van der Waals surface area contributed by atoms with Crippen LogP contribution in [0.4, 0.5) is 5.88 Å². The maximum Gasteiger partial charge on any atom is 0.433 e. The molecule has 96 valence electrons. The second-order valence-electron chi connectivity index (χ2n) is 3.27. The van der Waals surface area contributed by atoms with Crippen LogP contribution in [0.25, 0.3) is 6.08 Å². The molecule has 0 atom stereocenters. The lowest BCUT2D eigenvalue weighted by Crippen LogP contribution is -2.13. The molecule has 7 heteroatoms. The van der Waals surface area contributed by atoms with Gasteiger partial charge in [0.15, 0.2) is 5.78 Å². The highest BCUT2D eigenvalue weighted by atomic mass is 16.6. The lowest BCUT2D eigenvalue weighted by Gasteiger charge is -2.02. The molecule has 0 bridgehead atoms. The molecule has 0 spiro atoms. The first kappa shape index (κ1) is 13.6. The van der Waals surface area contributed by atoms with Gasteiger partial charge in [0.1, 0.15) is 16.3 Å². The maximum atomic E-state index is 11.4. The van der Waals surface area contributed by atoms with Crippen LogP contribution in [-0.4, -0.2) is 23.3 Å². The summed E-state index contributed by atoms with van der Waals surface area (Å²) in [5.41, 5.74) is -0.221. The van der Waals surface area contributed by atoms with E-state index >= 15 is 0 Å². The molecule has 0 aliphatic rings. The number of esters is 1. The van der Waals surface area contributed by atoms with Crippen molar-refractivity contribution < 1.29 is 23.7 Å². The maximum absolute atomic E-state index is 11.4. The predicted octanol–water partition coefficient (Wildman–Crippen LogP) is 1.72. The first-order valence-electron chi connectivity index (χ1n) is 5.09. The van der Waals surface area contributed by atoms with Gasteiger partial charge >= 0.3 is 11.9 Å². The standard InChI is InChI=1S/C11H11NO6/c1-3-17-11(14)9(7(2)13)6-8-4-5-10(18-8)12(15)16/h4-6H,3H2,1-2H3/b9-6-. The normalized spacial score (nSPS) is 11.1. The summed E-state index contributed by atoms with van der Waals surface area (Å²) in [5, 5.41) is 10.4. The zero-order valence-corrected chi connectivity index (χ0v) is 9.84. The van der Waals surface area contributed by atoms with Crippen molar-refractivity contribution in [3.05, 3.63) is 33.6 Å². The molecule has 0 aliphatic heterocycles. The Morgan fingerprint density at radius 2 is 2.17 bits per heavy atom. The van der Waals surface area contributed by atoms with E-state index in [-0.39, 0.29) is 17.9 Å². The van der Waals surface area contributed by atoms with Crippen LogP contribution in [0.3, 0.4) is 0 Å². The zero-order chi connectivity index (χ0) is 13.7. The smallest absolute Gasteiger partial charge is 0.433 e. The molecular formula is C11H11NO6. The van der Waals surface area contributed by atoms with Gasteiger partial charge in [-0.2, -0.15) is 0 Å². The number of hydrogen-bond donors (Lipinski definition) is 0. The van der Waals surface area contributed by atoms with E-state index in [2.05, 4.69) is 4.74 Å². The van der Waals surface area contributed by atoms with Crippen LogP contribution in [-0.2, 0) is 14.3 Å². The minimum Gasteiger partial charge on any atom is -0.462 e. The topological polar surface area (TPSA) is 99.7 Å². The van der Waals surface area contributed by atoms with E-state index in [0.717, 1.165) is 12.1 Å². The quantitative estimate of drug-likeness (QED) is 0.198. The highest BCUT2D eigenvalue weighted by molar-refractivity contribution is 6.19. The molecule has 0 fully saturated rings. The molecule has 0 radical (unpaired) electrons. The van der Waals surface area contributed by atoms with Gasteiger partial charge in [0.05, 0.1) is 12.7 Å². The van der Waals surface area contributed by atoms with E-state index in [4.69, 9.17) is 4.42 Å². The molecule has 1 heterocycles. The Balaban J connectivity index is 3.04. The summed E-state index contributed by atoms with van der Waals surface area (Å²) >= 11 is 0. The molecule has 1 aromatic heterocycles. The number of nitrogens with zero attached hydrogens (tertiary/aromatic N) is 1. The predicted molar refractivity (Wildman–Crippen MR) is 60.7 cm³/mol. The highest BCUT2D eigenvalue weighted by Gasteiger charge is 2.18. The minimum atomic E-state index is -0.788. The molecule has 0 amide bonds. The van der Waals surface area contributed by atoms with Gasteiger partial charge in [-0.3, -0.25) is 14.9 Å². The summed E-state index contributed by atoms with van der Waals surface area (Å²) in [4.78, 5) is 32.4. The average molecular weight is 253 g/mol. The van der Waals surface area contributed by atoms with Crippen LogP contribution < -0.4 is 0 Å². The van der Waals surface area contributed by atoms with Gasteiger partial charge in [-0.15, -0.1) is 0 Å². The monoisotopic (exact) mass is 253 g/mol. The number of Topliss-reactive ketones (excluding diaryl/α,β-unsaturated/α-hetero) is 1. The van der Waals surface area contributed by atoms with Gasteiger partial charge in [0.2, 0.25) is 0 Å². The molecule has 0 N–H and O–H groups in total. The van der Waals surface area contributed by atoms with Crippen molar-refractivity contribution in [3.8, 4) is 0 Å². The van der Waals surface area contributed by atoms with E-state index in [0.29, 0.717) is 0 Å². The number of carbonyl (C=O) groups is 2. The van der Waals surface area contributed by atoms with Crippen molar-refractivity contribution in [2.24, 2.45) is 0 Å². The summed E-state index contributed by atoms with van der Waals surface area (Å²) in [6.45, 7) is 2.93. The Kier molecular flexibility index (Phi) is 4.36. The molecule has 7 nitrogen and oxygen atoms in total. The number of carbonyl (C=O) groups excluding carboxylic acids is 2. The summed E-state index contributed by atoms with van der Waals surface area (Å²) in [5.74, 6) is -1.72. The number of ether oxygens (including phenoxy) is 1. The fourth-order valence-corrected chi connectivity index (χ4v) is 1.17. The largest absolute Gasteiger partial charge is 0.462 e. The van der Waals surface area contributed by atoms with Gasteiger partial charge in [-0.05, 0) is 26.0 Å². The van der Waals surface area contributed by atoms with Gasteiger partial charge in [-0.1, -0.05) is 0 Å². The Morgan fingerprint density at radius 3 is 2.61 bits per heavy atom. The number of rotatable bonds is 5. The Labute approximate surface area is 102 Å². The van der Waals surface area contributed by atoms with Crippen molar-refractivity contribution >= 4 is 23.7 Å². The number of furan rings is 1. The van der Waals surface area contributed by atoms with Crippen LogP contribution in [0.2, 0.25) is 0 Å². The number of nitro groups is 1. The van der Waals surface area contributed by atoms with Crippen molar-refractivity contribution in [2.45, 2.75) is 13.8 Å². The first-order chi connectivity index (χ1) is 8.45. The number of hydrogen-bond acceptors (Lipinski definition) is 6. The molecule has 18 heavy (non-hydrogen) atoms. The summed E-state index contributed by atoms with van der Waals surface area (Å²) in [6.07, 6.45) is 1.12. The third kappa shape index (κ3) is 3.27. The van der Waals surface area contributed by atoms with Crippen LogP contribution in [0.1, 0.15) is 19.6 Å². The van der Waals surface area contributed by atoms with Gasteiger partial charge in [-0.25, -0.2) is 4.79 Å². The van der Waals surface area contributed by atoms with Gasteiger partial charge < -0.3 is 9.15 Å². The molecule has 1 rings (SSSR count). The minimum absolute atomic E-state index is 0.0416. The molecular weight excluding hydrogens is 242 g/mol. The highest BCUT2D eigenvalue weighted by Crippen LogP contribution is 2.18. The summed E-state index contributed by atoms with van der Waals surface area (Å²) < 4.78 is 9.51. The molecule has 0 saturated carbocycles. The van der Waals surface area contributed by atoms with E-state index in [1.807, 2.05) is 0 Å². The van der Waals surface area contributed by atoms with Crippen molar-refractivity contribution in [1.82, 2.24) is 0 Å². The lowest BCUT2D eigenvalue weighted by molar-refractivity contribution is -0.402. The van der Waals surface area contributed by atoms with Gasteiger partial charge in [0.25, 0.3) is 0 Å². The SMILES string of the molecule is CCOC(=O)/C(=C\c1ccc([N+](=O)[O-])o1)C(C)=O. The van der Waals surface area contributed by atoms with E-state index < -0.39 is 22.6 Å². The zero-order valence-electron chi connectivity index (χ0n) is 9.84. The van der Waals surface area contributed by atoms with Crippen LogP contribution in [0, 0.1) is 10.1 Å². The van der Waals surface area contributed by atoms with Crippen molar-refractivity contribution in [3.63, 3.8) is 0 Å². The Hall–Kier alpha value is -2.44. The van der Waals surface area contributed by atoms with E-state index in [1.54, 1.807) is 6.92 Å². The van der Waals surface area contributed by atoms with Crippen molar-refractivity contribution in [2.75, 3.05) is 6.61 Å². The summed E-state index contributed by atoms with van der Waals surface area (Å²) in [7, 11) is 0. The third-order valence-electron chi connectivity index (χ3n) is 1.95. The van der Waals surface area contributed by atoms with Crippen LogP contribution in [0.15, 0.2) is 22.1 Å². The lowest BCUT2D eigenvalue weighted by atomic mass is 10.1. The van der Waals surface area contributed by atoms with Crippen molar-refractivity contribution in [1.29, 1.82) is 0 Å². The first-order valence-corrected chi connectivity index (χ1v) is 5.09. The molecule has 0 saturated heterocycles. The second-order valence-corrected chi connectivity index (χ2v) is 3.27. The molecule has 0 unspecified atom stereocenters. The van der Waals surface area contributed by atoms with E-state index in [1.165, 1.54) is 13.0 Å². The summed E-state index contributed by atoms with van der Waals surface area (Å²) in [6, 6.07) is 2.43. The molecule has 0 aliphatic carbocycles. The average Bonchev–Trinajstić information content (AvgIpc) is 2.74. The Morgan fingerprint density at radius 1 is 1.50 bits per heavy atom. The third-order valence-corrected chi connectivity index (χ3v) is 1.95. The van der Waals surface area contributed by atoms with Gasteiger partial charge in [0, 0.05) is 0 Å². The molecule has 1 aromatic rings. The fraction of sp³-hybridized carbons (Fsp3) is 0.273. The number of ketones is 1. The fourth-order valence-electron chi connectivity index (χ4n) is 1.17. The van der Waals surface area contributed by atoms with E-state index in [9.17, 15) is 19.7 Å². The Bertz CT molecular complexity index is 513. The second kappa shape index (κ2) is 5.76. The van der Waals surface area contributed by atoms with Crippen LogP contribution >= 0.6 is 0 Å². The molecule has 0 aromatic carbocycles. The van der Waals surface area contributed by atoms with Crippen LogP contribution in [0.5, 0.6) is 0 Å².